The molecule has 0 unspecified atom stereocenters. The maximum Gasteiger partial charge on any atom is 0.319 e. The monoisotopic (exact) mass is 373 g/mol. The topological polar surface area (TPSA) is 59.4 Å². The standard InChI is InChI=1S/C10H17F2N5.HI/c1-3-16(4-2)10(13)15-7-8-14-5-6-17(8)9(11)12;/h5-6,9H,3-4,7H2,1-2H3,(H2,13,15);1H. The van der Waals surface area contributed by atoms with Crippen molar-refractivity contribution >= 4 is 29.9 Å². The summed E-state index contributed by atoms with van der Waals surface area (Å²) < 4.78 is 25.8. The first-order valence-corrected chi connectivity index (χ1v) is 5.44. The fraction of sp³-hybridized carbons (Fsp3) is 0.600. The minimum absolute atomic E-state index is 0. The molecule has 0 fully saturated rings. The van der Waals surface area contributed by atoms with Gasteiger partial charge in [0.1, 0.15) is 12.4 Å². The number of nitrogens with zero attached hydrogens (tertiary/aromatic N) is 4. The number of guanidine groups is 1. The molecular formula is C10H18F2IN5. The molecule has 0 aliphatic rings. The summed E-state index contributed by atoms with van der Waals surface area (Å²) in [6.07, 6.45) is 2.55. The van der Waals surface area contributed by atoms with Gasteiger partial charge in [-0.1, -0.05) is 0 Å². The zero-order chi connectivity index (χ0) is 12.8. The van der Waals surface area contributed by atoms with Crippen LogP contribution in [0.3, 0.4) is 0 Å². The van der Waals surface area contributed by atoms with Gasteiger partial charge in [-0.25, -0.2) is 9.98 Å². The van der Waals surface area contributed by atoms with Crippen molar-refractivity contribution in [1.29, 1.82) is 0 Å². The summed E-state index contributed by atoms with van der Waals surface area (Å²) >= 11 is 0. The summed E-state index contributed by atoms with van der Waals surface area (Å²) in [5.41, 5.74) is 5.73. The minimum Gasteiger partial charge on any atom is -0.370 e. The number of aliphatic imine (C=N–C) groups is 1. The zero-order valence-electron chi connectivity index (χ0n) is 10.4. The van der Waals surface area contributed by atoms with Gasteiger partial charge in [-0.3, -0.25) is 4.57 Å². The van der Waals surface area contributed by atoms with Gasteiger partial charge in [0.25, 0.3) is 0 Å². The second-order valence-corrected chi connectivity index (χ2v) is 3.38. The summed E-state index contributed by atoms with van der Waals surface area (Å²) in [7, 11) is 0. The van der Waals surface area contributed by atoms with Gasteiger partial charge in [-0.2, -0.15) is 8.78 Å². The van der Waals surface area contributed by atoms with Gasteiger partial charge >= 0.3 is 6.55 Å². The predicted molar refractivity (Wildman–Crippen MR) is 77.1 cm³/mol. The summed E-state index contributed by atoms with van der Waals surface area (Å²) in [6.45, 7) is 2.82. The number of imidazole rings is 1. The minimum atomic E-state index is -2.60. The molecular weight excluding hydrogens is 355 g/mol. The van der Waals surface area contributed by atoms with Crippen molar-refractivity contribution in [3.05, 3.63) is 18.2 Å². The number of hydrogen-bond acceptors (Lipinski definition) is 2. The summed E-state index contributed by atoms with van der Waals surface area (Å²) in [6, 6.07) is 0. The van der Waals surface area contributed by atoms with Crippen LogP contribution in [0.25, 0.3) is 0 Å². The molecule has 104 valence electrons. The molecule has 8 heteroatoms. The SMILES string of the molecule is CCN(CC)C(N)=NCc1nccn1C(F)F.I. The first-order chi connectivity index (χ1) is 8.10. The van der Waals surface area contributed by atoms with E-state index in [1.165, 1.54) is 12.4 Å². The highest BCUT2D eigenvalue weighted by atomic mass is 127. The van der Waals surface area contributed by atoms with Crippen molar-refractivity contribution in [3.63, 3.8) is 0 Å². The van der Waals surface area contributed by atoms with Gasteiger partial charge in [0.15, 0.2) is 5.96 Å². The summed E-state index contributed by atoms with van der Waals surface area (Å²) in [5, 5.41) is 0. The Bertz CT molecular complexity index is 376. The highest BCUT2D eigenvalue weighted by Gasteiger charge is 2.11. The van der Waals surface area contributed by atoms with E-state index in [1.54, 1.807) is 0 Å². The molecule has 0 atom stereocenters. The van der Waals surface area contributed by atoms with Crippen LogP contribution in [0, 0.1) is 0 Å². The van der Waals surface area contributed by atoms with Gasteiger partial charge in [-0.15, -0.1) is 24.0 Å². The Balaban J connectivity index is 0.00000289. The van der Waals surface area contributed by atoms with E-state index in [-0.39, 0.29) is 36.3 Å². The van der Waals surface area contributed by atoms with Crippen molar-refractivity contribution in [2.75, 3.05) is 13.1 Å². The van der Waals surface area contributed by atoms with Gasteiger partial charge < -0.3 is 10.6 Å². The Morgan fingerprint density at radius 1 is 1.50 bits per heavy atom. The van der Waals surface area contributed by atoms with Crippen molar-refractivity contribution in [3.8, 4) is 0 Å². The second-order valence-electron chi connectivity index (χ2n) is 3.38. The Hall–Kier alpha value is -0.930. The molecule has 1 aromatic rings. The van der Waals surface area contributed by atoms with Crippen LogP contribution in [0.15, 0.2) is 17.4 Å². The Labute approximate surface area is 122 Å². The fourth-order valence-electron chi connectivity index (χ4n) is 1.44. The van der Waals surface area contributed by atoms with Gasteiger partial charge in [0, 0.05) is 25.5 Å². The lowest BCUT2D eigenvalue weighted by Gasteiger charge is -2.19. The van der Waals surface area contributed by atoms with Gasteiger partial charge in [0.05, 0.1) is 0 Å². The van der Waals surface area contributed by atoms with Crippen molar-refractivity contribution in [2.24, 2.45) is 10.7 Å². The highest BCUT2D eigenvalue weighted by molar-refractivity contribution is 14.0. The highest BCUT2D eigenvalue weighted by Crippen LogP contribution is 2.12. The zero-order valence-corrected chi connectivity index (χ0v) is 12.7. The lowest BCUT2D eigenvalue weighted by molar-refractivity contribution is 0.0671. The van der Waals surface area contributed by atoms with Crippen LogP contribution < -0.4 is 5.73 Å². The molecule has 0 bridgehead atoms. The van der Waals surface area contributed by atoms with E-state index < -0.39 is 6.55 Å². The Morgan fingerprint density at radius 2 is 2.11 bits per heavy atom. The average molecular weight is 373 g/mol. The fourth-order valence-corrected chi connectivity index (χ4v) is 1.44. The maximum absolute atomic E-state index is 12.5. The van der Waals surface area contributed by atoms with Crippen molar-refractivity contribution in [2.45, 2.75) is 26.9 Å². The smallest absolute Gasteiger partial charge is 0.319 e. The van der Waals surface area contributed by atoms with E-state index in [2.05, 4.69) is 9.98 Å². The first-order valence-electron chi connectivity index (χ1n) is 5.44. The number of halogens is 3. The maximum atomic E-state index is 12.5. The van der Waals surface area contributed by atoms with Crippen molar-refractivity contribution < 1.29 is 8.78 Å². The van der Waals surface area contributed by atoms with Crippen LogP contribution >= 0.6 is 24.0 Å². The molecule has 0 aromatic carbocycles. The van der Waals surface area contributed by atoms with E-state index in [9.17, 15) is 8.78 Å². The molecule has 0 amide bonds. The Morgan fingerprint density at radius 3 is 2.61 bits per heavy atom. The summed E-state index contributed by atoms with van der Waals surface area (Å²) in [4.78, 5) is 9.72. The van der Waals surface area contributed by atoms with Crippen LogP contribution in [0.2, 0.25) is 0 Å². The van der Waals surface area contributed by atoms with Crippen LogP contribution in [0.4, 0.5) is 8.78 Å². The number of hydrogen-bond donors (Lipinski definition) is 1. The molecule has 0 saturated carbocycles. The van der Waals surface area contributed by atoms with E-state index in [0.29, 0.717) is 5.96 Å². The molecule has 0 aliphatic heterocycles. The van der Waals surface area contributed by atoms with E-state index >= 15 is 0 Å². The Kier molecular flexibility index (Phi) is 7.80. The lowest BCUT2D eigenvalue weighted by Crippen LogP contribution is -2.37. The predicted octanol–water partition coefficient (Wildman–Crippen LogP) is 2.05. The largest absolute Gasteiger partial charge is 0.370 e. The van der Waals surface area contributed by atoms with Crippen LogP contribution in [0.5, 0.6) is 0 Å². The molecule has 0 radical (unpaired) electrons. The molecule has 18 heavy (non-hydrogen) atoms. The molecule has 1 aromatic heterocycles. The molecule has 5 nitrogen and oxygen atoms in total. The van der Waals surface area contributed by atoms with Crippen LogP contribution in [-0.4, -0.2) is 33.5 Å². The molecule has 0 spiro atoms. The lowest BCUT2D eigenvalue weighted by atomic mass is 10.5. The van der Waals surface area contributed by atoms with Crippen LogP contribution in [-0.2, 0) is 6.54 Å². The molecule has 0 aliphatic carbocycles. The quantitative estimate of drug-likeness (QED) is 0.488. The second kappa shape index (κ2) is 8.22. The number of aromatic nitrogens is 2. The van der Waals surface area contributed by atoms with Crippen molar-refractivity contribution in [1.82, 2.24) is 14.5 Å². The van der Waals surface area contributed by atoms with Gasteiger partial charge in [-0.05, 0) is 13.8 Å². The third-order valence-electron chi connectivity index (χ3n) is 2.43. The normalized spacial score (nSPS) is 11.5. The molecule has 1 heterocycles. The molecule has 2 N–H and O–H groups in total. The average Bonchev–Trinajstić information content (AvgIpc) is 2.76. The summed E-state index contributed by atoms with van der Waals surface area (Å²) in [5.74, 6) is 0.550. The van der Waals surface area contributed by atoms with Crippen LogP contribution in [0.1, 0.15) is 26.2 Å². The molecule has 0 saturated heterocycles. The van der Waals surface area contributed by atoms with E-state index in [0.717, 1.165) is 17.7 Å². The number of alkyl halides is 2. The number of nitrogens with two attached hydrogens (primary N) is 1. The third kappa shape index (κ3) is 4.39. The van der Waals surface area contributed by atoms with E-state index in [1.807, 2.05) is 18.7 Å². The van der Waals surface area contributed by atoms with E-state index in [4.69, 9.17) is 5.73 Å². The third-order valence-corrected chi connectivity index (χ3v) is 2.43. The van der Waals surface area contributed by atoms with Gasteiger partial charge in [0.2, 0.25) is 0 Å². The molecule has 1 rings (SSSR count). The first kappa shape index (κ1) is 17.1. The number of rotatable bonds is 5.